The van der Waals surface area contributed by atoms with Crippen molar-refractivity contribution in [1.82, 2.24) is 0 Å². The lowest BCUT2D eigenvalue weighted by molar-refractivity contribution is -0.145. The third-order valence-corrected chi connectivity index (χ3v) is 6.25. The van der Waals surface area contributed by atoms with E-state index in [-0.39, 0.29) is 5.97 Å². The average Bonchev–Trinajstić information content (AvgIpc) is 2.80. The van der Waals surface area contributed by atoms with Gasteiger partial charge in [-0.2, -0.15) is 0 Å². The van der Waals surface area contributed by atoms with Crippen molar-refractivity contribution in [2.45, 2.75) is 116 Å². The minimum atomic E-state index is -0.0670. The Morgan fingerprint density at radius 3 is 1.77 bits per heavy atom. The summed E-state index contributed by atoms with van der Waals surface area (Å²) in [6, 6.07) is 14.4. The van der Waals surface area contributed by atoms with Crippen molar-refractivity contribution < 1.29 is 9.53 Å². The van der Waals surface area contributed by atoms with Crippen LogP contribution in [-0.4, -0.2) is 5.97 Å². The number of ether oxygens (including phenoxy) is 1. The lowest BCUT2D eigenvalue weighted by Crippen LogP contribution is -2.04. The van der Waals surface area contributed by atoms with Gasteiger partial charge in [-0.05, 0) is 22.8 Å². The Hall–Kier alpha value is -1.83. The summed E-state index contributed by atoms with van der Waals surface area (Å²) in [4.78, 5) is 12.1. The van der Waals surface area contributed by atoms with Crippen molar-refractivity contribution in [3.63, 3.8) is 0 Å². The van der Waals surface area contributed by atoms with Gasteiger partial charge in [-0.25, -0.2) is 0 Å². The molecule has 2 nitrogen and oxygen atoms in total. The molecular weight excluding hydrogens is 380 g/mol. The molecule has 0 N–H and O–H groups in total. The van der Waals surface area contributed by atoms with Crippen LogP contribution in [0.25, 0.3) is 10.8 Å². The maximum Gasteiger partial charge on any atom is 0.306 e. The van der Waals surface area contributed by atoms with E-state index in [1.807, 2.05) is 24.3 Å². The van der Waals surface area contributed by atoms with E-state index in [0.717, 1.165) is 18.4 Å². The molecule has 0 bridgehead atoms. The van der Waals surface area contributed by atoms with Crippen LogP contribution in [0, 0.1) is 0 Å². The Morgan fingerprint density at radius 1 is 0.645 bits per heavy atom. The molecule has 31 heavy (non-hydrogen) atoms. The van der Waals surface area contributed by atoms with E-state index >= 15 is 0 Å². The number of rotatable bonds is 18. The van der Waals surface area contributed by atoms with Crippen molar-refractivity contribution in [3.05, 3.63) is 48.0 Å². The van der Waals surface area contributed by atoms with Crippen LogP contribution in [0.15, 0.2) is 42.5 Å². The van der Waals surface area contributed by atoms with Gasteiger partial charge in [0.15, 0.2) is 0 Å². The molecule has 0 aromatic heterocycles. The van der Waals surface area contributed by atoms with Gasteiger partial charge in [-0.15, -0.1) is 0 Å². The quantitative estimate of drug-likeness (QED) is 0.176. The molecule has 0 heterocycles. The van der Waals surface area contributed by atoms with Gasteiger partial charge in [0.25, 0.3) is 0 Å². The summed E-state index contributed by atoms with van der Waals surface area (Å²) in [6.45, 7) is 2.65. The molecule has 2 rings (SSSR count). The van der Waals surface area contributed by atoms with Gasteiger partial charge < -0.3 is 4.74 Å². The summed E-state index contributed by atoms with van der Waals surface area (Å²) >= 11 is 0. The Morgan fingerprint density at radius 2 is 1.16 bits per heavy atom. The highest BCUT2D eigenvalue weighted by Gasteiger charge is 2.06. The molecule has 172 valence electrons. The van der Waals surface area contributed by atoms with Crippen molar-refractivity contribution in [2.75, 3.05) is 0 Å². The highest BCUT2D eigenvalue weighted by atomic mass is 16.5. The molecule has 0 radical (unpaired) electrons. The SMILES string of the molecule is CCCCCCCCCCCCCCCCCC(=O)OCc1cccc2ccccc12. The Labute approximate surface area is 190 Å². The lowest BCUT2D eigenvalue weighted by Gasteiger charge is -2.08. The van der Waals surface area contributed by atoms with Crippen LogP contribution in [0.2, 0.25) is 0 Å². The van der Waals surface area contributed by atoms with E-state index in [4.69, 9.17) is 4.74 Å². The number of carbonyl (C=O) groups excluding carboxylic acids is 1. The van der Waals surface area contributed by atoms with Crippen molar-refractivity contribution in [3.8, 4) is 0 Å². The molecule has 0 amide bonds. The molecule has 0 spiro atoms. The molecular formula is C29H44O2. The summed E-state index contributed by atoms with van der Waals surface area (Å²) in [5.74, 6) is -0.0670. The van der Waals surface area contributed by atoms with Crippen LogP contribution in [0.5, 0.6) is 0 Å². The maximum absolute atomic E-state index is 12.1. The zero-order chi connectivity index (χ0) is 22.0. The Bertz CT molecular complexity index is 716. The number of hydrogen-bond acceptors (Lipinski definition) is 2. The summed E-state index contributed by atoms with van der Waals surface area (Å²) in [7, 11) is 0. The minimum Gasteiger partial charge on any atom is -0.461 e. The van der Waals surface area contributed by atoms with Crippen LogP contribution in [0.3, 0.4) is 0 Å². The van der Waals surface area contributed by atoms with Crippen molar-refractivity contribution in [2.24, 2.45) is 0 Å². The fourth-order valence-electron chi connectivity index (χ4n) is 4.29. The Kier molecular flexibility index (Phi) is 13.8. The predicted octanol–water partition coefficient (Wildman–Crippen LogP) is 9.14. The predicted molar refractivity (Wildman–Crippen MR) is 133 cm³/mol. The second-order valence-electron chi connectivity index (χ2n) is 9.00. The topological polar surface area (TPSA) is 26.3 Å². The maximum atomic E-state index is 12.1. The summed E-state index contributed by atoms with van der Waals surface area (Å²) in [6.07, 6.45) is 20.6. The molecule has 2 heteroatoms. The Balaban J connectivity index is 1.39. The van der Waals surface area contributed by atoms with Gasteiger partial charge in [0.2, 0.25) is 0 Å². The third-order valence-electron chi connectivity index (χ3n) is 6.25. The number of unbranched alkanes of at least 4 members (excludes halogenated alkanes) is 14. The van der Waals surface area contributed by atoms with E-state index in [9.17, 15) is 4.79 Å². The molecule has 0 aliphatic heterocycles. The first-order valence-electron chi connectivity index (χ1n) is 12.9. The van der Waals surface area contributed by atoms with E-state index in [1.165, 1.54) is 94.2 Å². The molecule has 0 unspecified atom stereocenters. The number of esters is 1. The molecule has 0 saturated heterocycles. The van der Waals surface area contributed by atoms with E-state index in [2.05, 4.69) is 25.1 Å². The fourth-order valence-corrected chi connectivity index (χ4v) is 4.29. The van der Waals surface area contributed by atoms with E-state index in [1.54, 1.807) is 0 Å². The zero-order valence-electron chi connectivity index (χ0n) is 19.9. The van der Waals surface area contributed by atoms with Gasteiger partial charge >= 0.3 is 5.97 Å². The van der Waals surface area contributed by atoms with E-state index < -0.39 is 0 Å². The van der Waals surface area contributed by atoms with Crippen LogP contribution < -0.4 is 0 Å². The van der Waals surface area contributed by atoms with Crippen LogP contribution >= 0.6 is 0 Å². The van der Waals surface area contributed by atoms with Crippen LogP contribution in [0.1, 0.15) is 115 Å². The molecule has 0 aliphatic rings. The molecule has 0 aliphatic carbocycles. The molecule has 2 aromatic carbocycles. The smallest absolute Gasteiger partial charge is 0.306 e. The van der Waals surface area contributed by atoms with Gasteiger partial charge in [0, 0.05) is 6.42 Å². The van der Waals surface area contributed by atoms with Gasteiger partial charge in [0.1, 0.15) is 6.61 Å². The zero-order valence-corrected chi connectivity index (χ0v) is 19.9. The second kappa shape index (κ2) is 16.8. The highest BCUT2D eigenvalue weighted by molar-refractivity contribution is 5.85. The molecule has 0 atom stereocenters. The monoisotopic (exact) mass is 424 g/mol. The van der Waals surface area contributed by atoms with Crippen LogP contribution in [0.4, 0.5) is 0 Å². The molecule has 2 aromatic rings. The highest BCUT2D eigenvalue weighted by Crippen LogP contribution is 2.19. The lowest BCUT2D eigenvalue weighted by atomic mass is 10.0. The summed E-state index contributed by atoms with van der Waals surface area (Å²) in [5, 5.41) is 2.36. The summed E-state index contributed by atoms with van der Waals surface area (Å²) < 4.78 is 5.52. The van der Waals surface area contributed by atoms with Gasteiger partial charge in [-0.3, -0.25) is 4.79 Å². The van der Waals surface area contributed by atoms with Gasteiger partial charge in [0.05, 0.1) is 0 Å². The first-order chi connectivity index (χ1) is 15.3. The minimum absolute atomic E-state index is 0.0670. The number of fused-ring (bicyclic) bond motifs is 1. The summed E-state index contributed by atoms with van der Waals surface area (Å²) in [5.41, 5.74) is 1.09. The normalized spacial score (nSPS) is 11.1. The average molecular weight is 425 g/mol. The molecule has 0 saturated carbocycles. The first-order valence-corrected chi connectivity index (χ1v) is 12.9. The number of carbonyl (C=O) groups is 1. The van der Waals surface area contributed by atoms with Crippen molar-refractivity contribution in [1.29, 1.82) is 0 Å². The molecule has 0 fully saturated rings. The van der Waals surface area contributed by atoms with Crippen molar-refractivity contribution >= 4 is 16.7 Å². The third kappa shape index (κ3) is 11.4. The van der Waals surface area contributed by atoms with Gasteiger partial charge in [-0.1, -0.05) is 139 Å². The second-order valence-corrected chi connectivity index (χ2v) is 9.00. The van der Waals surface area contributed by atoms with E-state index in [0.29, 0.717) is 13.0 Å². The van der Waals surface area contributed by atoms with Crippen LogP contribution in [-0.2, 0) is 16.1 Å². The standard InChI is InChI=1S/C29H44O2/c1-2-3-4-5-6-7-8-9-10-11-12-13-14-15-16-24-29(30)31-25-27-22-19-21-26-20-17-18-23-28(26)27/h17-23H,2-16,24-25H2,1H3. The fraction of sp³-hybridized carbons (Fsp3) is 0.621. The first kappa shape index (κ1) is 25.4. The number of benzene rings is 2. The largest absolute Gasteiger partial charge is 0.461 e. The number of hydrogen-bond donors (Lipinski definition) is 0.